The largest absolute Gasteiger partial charge is 0.478 e. The van der Waals surface area contributed by atoms with Gasteiger partial charge in [0.2, 0.25) is 0 Å². The highest BCUT2D eigenvalue weighted by molar-refractivity contribution is 5.95. The van der Waals surface area contributed by atoms with E-state index < -0.39 is 5.97 Å². The Kier molecular flexibility index (Phi) is 4.80. The second kappa shape index (κ2) is 7.35. The molecule has 0 fully saturated rings. The standard InChI is InChI=1S/C19H15N3O3/c23-18(17-7-3-4-10-20-17)22-12-13-8-9-16(21-11-13)14-5-1-2-6-15(14)19(24)25/h1-11H,12H2,(H,22,23)(H,24,25). The van der Waals surface area contributed by atoms with Gasteiger partial charge in [-0.3, -0.25) is 14.8 Å². The van der Waals surface area contributed by atoms with E-state index in [4.69, 9.17) is 0 Å². The molecular formula is C19H15N3O3. The quantitative estimate of drug-likeness (QED) is 0.749. The highest BCUT2D eigenvalue weighted by Gasteiger charge is 2.12. The van der Waals surface area contributed by atoms with Crippen molar-refractivity contribution in [2.75, 3.05) is 0 Å². The number of benzene rings is 1. The minimum Gasteiger partial charge on any atom is -0.478 e. The molecule has 0 spiro atoms. The van der Waals surface area contributed by atoms with Gasteiger partial charge in [-0.15, -0.1) is 0 Å². The Labute approximate surface area is 144 Å². The first kappa shape index (κ1) is 16.3. The summed E-state index contributed by atoms with van der Waals surface area (Å²) >= 11 is 0. The molecule has 2 heterocycles. The van der Waals surface area contributed by atoms with E-state index in [-0.39, 0.29) is 11.5 Å². The van der Waals surface area contributed by atoms with Crippen molar-refractivity contribution in [1.29, 1.82) is 0 Å². The number of nitrogens with zero attached hydrogens (tertiary/aromatic N) is 2. The SMILES string of the molecule is O=C(NCc1ccc(-c2ccccc2C(=O)O)nc1)c1ccccn1. The van der Waals surface area contributed by atoms with E-state index in [1.165, 1.54) is 0 Å². The second-order valence-corrected chi connectivity index (χ2v) is 5.30. The first-order valence-corrected chi connectivity index (χ1v) is 7.62. The number of pyridine rings is 2. The molecule has 0 saturated heterocycles. The van der Waals surface area contributed by atoms with Crippen LogP contribution >= 0.6 is 0 Å². The maximum absolute atomic E-state index is 12.0. The fraction of sp³-hybridized carbons (Fsp3) is 0.0526. The van der Waals surface area contributed by atoms with Crippen molar-refractivity contribution in [2.24, 2.45) is 0 Å². The van der Waals surface area contributed by atoms with Gasteiger partial charge in [0.25, 0.3) is 5.91 Å². The third-order valence-electron chi connectivity index (χ3n) is 3.61. The molecule has 0 saturated carbocycles. The van der Waals surface area contributed by atoms with Gasteiger partial charge in [-0.2, -0.15) is 0 Å². The molecule has 2 N–H and O–H groups in total. The van der Waals surface area contributed by atoms with Gasteiger partial charge in [-0.1, -0.05) is 30.3 Å². The van der Waals surface area contributed by atoms with Gasteiger partial charge in [0.1, 0.15) is 5.69 Å². The van der Waals surface area contributed by atoms with Crippen molar-refractivity contribution in [2.45, 2.75) is 6.54 Å². The average molecular weight is 333 g/mol. The van der Waals surface area contributed by atoms with Gasteiger partial charge < -0.3 is 10.4 Å². The highest BCUT2D eigenvalue weighted by Crippen LogP contribution is 2.21. The van der Waals surface area contributed by atoms with E-state index in [2.05, 4.69) is 15.3 Å². The van der Waals surface area contributed by atoms with Crippen LogP contribution in [0.3, 0.4) is 0 Å². The van der Waals surface area contributed by atoms with Crippen LogP contribution in [-0.4, -0.2) is 27.0 Å². The second-order valence-electron chi connectivity index (χ2n) is 5.30. The van der Waals surface area contributed by atoms with Crippen LogP contribution in [0.25, 0.3) is 11.3 Å². The van der Waals surface area contributed by atoms with Crippen molar-refractivity contribution in [3.8, 4) is 11.3 Å². The fourth-order valence-corrected chi connectivity index (χ4v) is 2.35. The predicted octanol–water partition coefficient (Wildman–Crippen LogP) is 2.77. The molecule has 6 nitrogen and oxygen atoms in total. The van der Waals surface area contributed by atoms with Crippen molar-refractivity contribution >= 4 is 11.9 Å². The lowest BCUT2D eigenvalue weighted by Crippen LogP contribution is -2.23. The van der Waals surface area contributed by atoms with E-state index >= 15 is 0 Å². The molecule has 0 unspecified atom stereocenters. The van der Waals surface area contributed by atoms with Crippen molar-refractivity contribution in [3.63, 3.8) is 0 Å². The van der Waals surface area contributed by atoms with Crippen LogP contribution in [0.4, 0.5) is 0 Å². The number of carboxylic acids is 1. The zero-order chi connectivity index (χ0) is 17.6. The van der Waals surface area contributed by atoms with Crippen LogP contribution < -0.4 is 5.32 Å². The molecule has 1 amide bonds. The highest BCUT2D eigenvalue weighted by atomic mass is 16.4. The third-order valence-corrected chi connectivity index (χ3v) is 3.61. The summed E-state index contributed by atoms with van der Waals surface area (Å²) in [6.45, 7) is 0.309. The number of carbonyl (C=O) groups excluding carboxylic acids is 1. The number of aromatic carboxylic acids is 1. The van der Waals surface area contributed by atoms with Gasteiger partial charge >= 0.3 is 5.97 Å². The number of amides is 1. The Bertz CT molecular complexity index is 893. The number of hydrogen-bond donors (Lipinski definition) is 2. The topological polar surface area (TPSA) is 92.2 Å². The summed E-state index contributed by atoms with van der Waals surface area (Å²) in [6.07, 6.45) is 3.18. The molecule has 0 atom stereocenters. The van der Waals surface area contributed by atoms with E-state index in [9.17, 15) is 14.7 Å². The number of aromatic nitrogens is 2. The summed E-state index contributed by atoms with van der Waals surface area (Å²) in [6, 6.07) is 15.4. The lowest BCUT2D eigenvalue weighted by molar-refractivity contribution is 0.0697. The van der Waals surface area contributed by atoms with Crippen molar-refractivity contribution in [3.05, 3.63) is 83.8 Å². The summed E-state index contributed by atoms with van der Waals surface area (Å²) < 4.78 is 0. The normalized spacial score (nSPS) is 10.2. The maximum Gasteiger partial charge on any atom is 0.336 e. The Morgan fingerprint density at radius 2 is 1.76 bits per heavy atom. The van der Waals surface area contributed by atoms with Gasteiger partial charge in [-0.25, -0.2) is 4.79 Å². The number of rotatable bonds is 5. The fourth-order valence-electron chi connectivity index (χ4n) is 2.35. The lowest BCUT2D eigenvalue weighted by atomic mass is 10.0. The first-order valence-electron chi connectivity index (χ1n) is 7.62. The molecule has 3 aromatic rings. The first-order chi connectivity index (χ1) is 12.1. The lowest BCUT2D eigenvalue weighted by Gasteiger charge is -2.07. The molecule has 3 rings (SSSR count). The van der Waals surface area contributed by atoms with Crippen LogP contribution in [0.2, 0.25) is 0 Å². The zero-order valence-electron chi connectivity index (χ0n) is 13.2. The average Bonchev–Trinajstić information content (AvgIpc) is 2.67. The van der Waals surface area contributed by atoms with E-state index in [1.54, 1.807) is 67.0 Å². The van der Waals surface area contributed by atoms with Gasteiger partial charge in [0, 0.05) is 24.5 Å². The maximum atomic E-state index is 12.0. The molecule has 0 aliphatic heterocycles. The molecule has 0 aliphatic rings. The number of carboxylic acid groups (broad SMARTS) is 1. The molecule has 0 bridgehead atoms. The Hall–Kier alpha value is -3.54. The van der Waals surface area contributed by atoms with Crippen LogP contribution in [0.5, 0.6) is 0 Å². The van der Waals surface area contributed by atoms with Crippen LogP contribution in [0, 0.1) is 0 Å². The number of carbonyl (C=O) groups is 2. The molecule has 2 aromatic heterocycles. The Morgan fingerprint density at radius 3 is 2.44 bits per heavy atom. The summed E-state index contributed by atoms with van der Waals surface area (Å²) in [5.41, 5.74) is 2.48. The minimum atomic E-state index is -0.996. The van der Waals surface area contributed by atoms with Gasteiger partial charge in [0.05, 0.1) is 11.3 Å². The summed E-state index contributed by atoms with van der Waals surface area (Å²) in [7, 11) is 0. The molecule has 124 valence electrons. The monoisotopic (exact) mass is 333 g/mol. The van der Waals surface area contributed by atoms with Gasteiger partial charge in [0.15, 0.2) is 0 Å². The van der Waals surface area contributed by atoms with Crippen LogP contribution in [0.1, 0.15) is 26.4 Å². The Balaban J connectivity index is 1.71. The van der Waals surface area contributed by atoms with Crippen molar-refractivity contribution < 1.29 is 14.7 Å². The number of nitrogens with one attached hydrogen (secondary N) is 1. The van der Waals surface area contributed by atoms with Crippen LogP contribution in [-0.2, 0) is 6.54 Å². The molecule has 6 heteroatoms. The minimum absolute atomic E-state index is 0.200. The summed E-state index contributed by atoms with van der Waals surface area (Å²) in [4.78, 5) is 31.6. The molecular weight excluding hydrogens is 318 g/mol. The Morgan fingerprint density at radius 1 is 0.960 bits per heavy atom. The van der Waals surface area contributed by atoms with Gasteiger partial charge in [-0.05, 0) is 29.8 Å². The van der Waals surface area contributed by atoms with E-state index in [0.717, 1.165) is 5.56 Å². The zero-order valence-corrected chi connectivity index (χ0v) is 13.2. The molecule has 0 radical (unpaired) electrons. The third kappa shape index (κ3) is 3.87. The predicted molar refractivity (Wildman–Crippen MR) is 92.0 cm³/mol. The summed E-state index contributed by atoms with van der Waals surface area (Å²) in [5.74, 6) is -1.26. The van der Waals surface area contributed by atoms with Crippen molar-refractivity contribution in [1.82, 2.24) is 15.3 Å². The van der Waals surface area contributed by atoms with E-state index in [0.29, 0.717) is 23.5 Å². The van der Waals surface area contributed by atoms with E-state index in [1.807, 2.05) is 0 Å². The number of hydrogen-bond acceptors (Lipinski definition) is 4. The molecule has 0 aliphatic carbocycles. The van der Waals surface area contributed by atoms with Crippen LogP contribution in [0.15, 0.2) is 67.0 Å². The summed E-state index contributed by atoms with van der Waals surface area (Å²) in [5, 5.41) is 12.0. The molecule has 1 aromatic carbocycles. The smallest absolute Gasteiger partial charge is 0.336 e. The molecule has 25 heavy (non-hydrogen) atoms.